The number of piperazine rings is 1. The minimum atomic E-state index is -4.18. The molecular weight excluding hydrogens is 388 g/mol. The quantitative estimate of drug-likeness (QED) is 0.752. The molecule has 1 N–H and O–H groups in total. The molecular formula is C14H18BrClF4N2. The summed E-state index contributed by atoms with van der Waals surface area (Å²) in [6, 6.07) is 4.11. The summed E-state index contributed by atoms with van der Waals surface area (Å²) in [6.07, 6.45) is -5.03. The average Bonchev–Trinajstić information content (AvgIpc) is 2.43. The molecule has 1 heterocycles. The smallest absolute Gasteiger partial charge is 0.314 e. The largest absolute Gasteiger partial charge is 0.389 e. The van der Waals surface area contributed by atoms with Crippen LogP contribution >= 0.6 is 28.3 Å². The summed E-state index contributed by atoms with van der Waals surface area (Å²) in [5, 5.41) is 3.18. The van der Waals surface area contributed by atoms with Gasteiger partial charge in [0.1, 0.15) is 5.82 Å². The predicted molar refractivity (Wildman–Crippen MR) is 83.8 cm³/mol. The van der Waals surface area contributed by atoms with Crippen LogP contribution in [-0.4, -0.2) is 37.3 Å². The van der Waals surface area contributed by atoms with E-state index in [4.69, 9.17) is 0 Å². The number of rotatable bonds is 4. The average molecular weight is 406 g/mol. The summed E-state index contributed by atoms with van der Waals surface area (Å²) < 4.78 is 51.2. The Hall–Kier alpha value is -0.370. The van der Waals surface area contributed by atoms with Gasteiger partial charge in [-0.15, -0.1) is 12.4 Å². The molecule has 8 heteroatoms. The van der Waals surface area contributed by atoms with E-state index in [0.717, 1.165) is 18.7 Å². The van der Waals surface area contributed by atoms with Crippen molar-refractivity contribution >= 4 is 28.3 Å². The summed E-state index contributed by atoms with van der Waals surface area (Å²) in [4.78, 5) is 2.03. The molecule has 22 heavy (non-hydrogen) atoms. The third kappa shape index (κ3) is 5.68. The van der Waals surface area contributed by atoms with E-state index in [1.165, 1.54) is 6.07 Å². The van der Waals surface area contributed by atoms with Gasteiger partial charge in [0.15, 0.2) is 0 Å². The monoisotopic (exact) mass is 404 g/mol. The van der Waals surface area contributed by atoms with E-state index in [9.17, 15) is 17.6 Å². The van der Waals surface area contributed by atoms with Crippen LogP contribution in [0.4, 0.5) is 17.6 Å². The van der Waals surface area contributed by atoms with Crippen LogP contribution in [0, 0.1) is 5.82 Å². The van der Waals surface area contributed by atoms with Crippen molar-refractivity contribution in [3.05, 3.63) is 34.1 Å². The SMILES string of the molecule is Cl.Fc1ccc([C@@H](CCC(F)(F)F)N2CCNCC2)cc1Br. The van der Waals surface area contributed by atoms with Crippen molar-refractivity contribution in [1.29, 1.82) is 0 Å². The second-order valence-electron chi connectivity index (χ2n) is 5.13. The zero-order valence-corrected chi connectivity index (χ0v) is 14.2. The molecule has 1 atom stereocenters. The summed E-state index contributed by atoms with van der Waals surface area (Å²) in [6.45, 7) is 2.89. The van der Waals surface area contributed by atoms with Gasteiger partial charge in [0.2, 0.25) is 0 Å². The Bertz CT molecular complexity index is 478. The molecule has 2 rings (SSSR count). The highest BCUT2D eigenvalue weighted by Crippen LogP contribution is 2.33. The molecule has 0 unspecified atom stereocenters. The Balaban J connectivity index is 0.00000242. The van der Waals surface area contributed by atoms with Gasteiger partial charge in [-0.2, -0.15) is 13.2 Å². The maximum atomic E-state index is 13.3. The fourth-order valence-electron chi connectivity index (χ4n) is 2.57. The number of nitrogens with zero attached hydrogens (tertiary/aromatic N) is 1. The highest BCUT2D eigenvalue weighted by molar-refractivity contribution is 9.10. The first-order valence-electron chi connectivity index (χ1n) is 6.83. The van der Waals surface area contributed by atoms with Crippen LogP contribution in [0.25, 0.3) is 0 Å². The fraction of sp³-hybridized carbons (Fsp3) is 0.571. The van der Waals surface area contributed by atoms with E-state index in [-0.39, 0.29) is 29.3 Å². The van der Waals surface area contributed by atoms with Crippen molar-refractivity contribution in [2.24, 2.45) is 0 Å². The molecule has 1 saturated heterocycles. The van der Waals surface area contributed by atoms with Crippen LogP contribution in [0.3, 0.4) is 0 Å². The molecule has 1 aliphatic heterocycles. The van der Waals surface area contributed by atoms with Crippen LogP contribution in [0.15, 0.2) is 22.7 Å². The van der Waals surface area contributed by atoms with Gasteiger partial charge in [-0.05, 0) is 40.0 Å². The summed E-state index contributed by atoms with van der Waals surface area (Å²) >= 11 is 3.10. The van der Waals surface area contributed by atoms with Gasteiger partial charge in [-0.1, -0.05) is 6.07 Å². The summed E-state index contributed by atoms with van der Waals surface area (Å²) in [5.74, 6) is -0.409. The standard InChI is InChI=1S/C14H17BrF4N2.ClH/c15-11-9-10(1-2-12(11)16)13(3-4-14(17,18)19)21-7-5-20-6-8-21;/h1-2,9,13,20H,3-8H2;1H/t13-;/m1./s1. The number of nitrogens with one attached hydrogen (secondary N) is 1. The van der Waals surface area contributed by atoms with E-state index in [2.05, 4.69) is 21.2 Å². The molecule has 2 nitrogen and oxygen atoms in total. The molecule has 126 valence electrons. The molecule has 0 spiro atoms. The minimum Gasteiger partial charge on any atom is -0.314 e. The van der Waals surface area contributed by atoms with Gasteiger partial charge in [-0.25, -0.2) is 4.39 Å². The van der Waals surface area contributed by atoms with Crippen molar-refractivity contribution in [3.8, 4) is 0 Å². The number of hydrogen-bond acceptors (Lipinski definition) is 2. The van der Waals surface area contributed by atoms with Crippen molar-refractivity contribution in [2.45, 2.75) is 25.1 Å². The lowest BCUT2D eigenvalue weighted by molar-refractivity contribution is -0.138. The van der Waals surface area contributed by atoms with Gasteiger partial charge < -0.3 is 5.32 Å². The minimum absolute atomic E-state index is 0. The Morgan fingerprint density at radius 3 is 2.41 bits per heavy atom. The molecule has 0 saturated carbocycles. The van der Waals surface area contributed by atoms with Gasteiger partial charge in [-0.3, -0.25) is 4.90 Å². The highest BCUT2D eigenvalue weighted by atomic mass is 79.9. The normalized spacial score (nSPS) is 17.9. The molecule has 1 aromatic rings. The number of halogens is 6. The predicted octanol–water partition coefficient (Wildman–Crippen LogP) is 4.30. The lowest BCUT2D eigenvalue weighted by atomic mass is 9.99. The maximum absolute atomic E-state index is 13.3. The number of alkyl halides is 3. The van der Waals surface area contributed by atoms with Crippen LogP contribution in [0.5, 0.6) is 0 Å². The molecule has 0 radical (unpaired) electrons. The lowest BCUT2D eigenvalue weighted by Gasteiger charge is -2.35. The Morgan fingerprint density at radius 2 is 1.86 bits per heavy atom. The third-order valence-electron chi connectivity index (χ3n) is 3.62. The van der Waals surface area contributed by atoms with E-state index >= 15 is 0 Å². The van der Waals surface area contributed by atoms with Gasteiger partial charge in [0, 0.05) is 38.6 Å². The van der Waals surface area contributed by atoms with E-state index < -0.39 is 18.4 Å². The Labute approximate surface area is 141 Å². The zero-order valence-electron chi connectivity index (χ0n) is 11.8. The zero-order chi connectivity index (χ0) is 15.5. The van der Waals surface area contributed by atoms with Gasteiger partial charge in [0.05, 0.1) is 4.47 Å². The van der Waals surface area contributed by atoms with Crippen LogP contribution < -0.4 is 5.32 Å². The number of benzene rings is 1. The third-order valence-corrected chi connectivity index (χ3v) is 4.23. The molecule has 1 aromatic carbocycles. The van der Waals surface area contributed by atoms with Crippen molar-refractivity contribution in [1.82, 2.24) is 10.2 Å². The van der Waals surface area contributed by atoms with Crippen molar-refractivity contribution in [2.75, 3.05) is 26.2 Å². The first kappa shape index (κ1) is 19.7. The van der Waals surface area contributed by atoms with Crippen LogP contribution in [0.2, 0.25) is 0 Å². The molecule has 0 amide bonds. The molecule has 1 fully saturated rings. The second kappa shape index (κ2) is 8.47. The first-order valence-corrected chi connectivity index (χ1v) is 7.62. The van der Waals surface area contributed by atoms with E-state index in [1.807, 2.05) is 4.90 Å². The molecule has 0 aliphatic carbocycles. The number of hydrogen-bond donors (Lipinski definition) is 1. The lowest BCUT2D eigenvalue weighted by Crippen LogP contribution is -2.45. The molecule has 0 aromatic heterocycles. The Morgan fingerprint density at radius 1 is 1.23 bits per heavy atom. The summed E-state index contributed by atoms with van der Waals surface area (Å²) in [7, 11) is 0. The summed E-state index contributed by atoms with van der Waals surface area (Å²) in [5.41, 5.74) is 0.717. The second-order valence-corrected chi connectivity index (χ2v) is 5.98. The maximum Gasteiger partial charge on any atom is 0.389 e. The van der Waals surface area contributed by atoms with E-state index in [1.54, 1.807) is 12.1 Å². The van der Waals surface area contributed by atoms with Crippen LogP contribution in [-0.2, 0) is 0 Å². The van der Waals surface area contributed by atoms with Crippen molar-refractivity contribution < 1.29 is 17.6 Å². The molecule has 0 bridgehead atoms. The van der Waals surface area contributed by atoms with Crippen LogP contribution in [0.1, 0.15) is 24.4 Å². The highest BCUT2D eigenvalue weighted by Gasteiger charge is 2.31. The Kier molecular flexibility index (Phi) is 7.58. The van der Waals surface area contributed by atoms with Gasteiger partial charge >= 0.3 is 6.18 Å². The first-order chi connectivity index (χ1) is 9.87. The topological polar surface area (TPSA) is 15.3 Å². The van der Waals surface area contributed by atoms with Crippen molar-refractivity contribution in [3.63, 3.8) is 0 Å². The van der Waals surface area contributed by atoms with E-state index in [0.29, 0.717) is 13.1 Å². The van der Waals surface area contributed by atoms with Gasteiger partial charge in [0.25, 0.3) is 0 Å². The fourth-order valence-corrected chi connectivity index (χ4v) is 2.97. The molecule has 1 aliphatic rings.